The highest BCUT2D eigenvalue weighted by atomic mass is 35.5. The maximum atomic E-state index is 11.8. The minimum Gasteiger partial charge on any atom is -0.343 e. The Labute approximate surface area is 113 Å². The molecular formula is C14H19ClN2O. The van der Waals surface area contributed by atoms with Crippen LogP contribution in [0.5, 0.6) is 0 Å². The van der Waals surface area contributed by atoms with Crippen LogP contribution in [-0.2, 0) is 11.3 Å². The Bertz CT molecular complexity index is 385. The molecule has 0 bridgehead atoms. The van der Waals surface area contributed by atoms with E-state index in [0.717, 1.165) is 44.0 Å². The molecule has 4 heteroatoms. The quantitative estimate of drug-likeness (QED) is 0.831. The minimum atomic E-state index is 0.274. The molecule has 0 aliphatic carbocycles. The predicted molar refractivity (Wildman–Crippen MR) is 73.6 cm³/mol. The standard InChI is InChI=1S/C14H19ClN2O/c15-13-5-3-12(4-6-13)11-16-8-7-14(18)17-9-1-2-10-17/h3-6,16H,1-2,7-11H2. The van der Waals surface area contributed by atoms with Crippen molar-refractivity contribution in [3.63, 3.8) is 0 Å². The second-order valence-corrected chi connectivity index (χ2v) is 5.08. The molecule has 98 valence electrons. The number of carbonyl (C=O) groups excluding carboxylic acids is 1. The number of amides is 1. The zero-order valence-corrected chi connectivity index (χ0v) is 11.2. The van der Waals surface area contributed by atoms with Gasteiger partial charge in [0.15, 0.2) is 0 Å². The summed E-state index contributed by atoms with van der Waals surface area (Å²) in [7, 11) is 0. The molecule has 1 saturated heterocycles. The fourth-order valence-electron chi connectivity index (χ4n) is 2.15. The van der Waals surface area contributed by atoms with E-state index in [0.29, 0.717) is 6.42 Å². The third kappa shape index (κ3) is 4.00. The summed E-state index contributed by atoms with van der Waals surface area (Å²) >= 11 is 5.82. The smallest absolute Gasteiger partial charge is 0.223 e. The molecule has 0 unspecified atom stereocenters. The van der Waals surface area contributed by atoms with Crippen LogP contribution in [0.1, 0.15) is 24.8 Å². The predicted octanol–water partition coefficient (Wildman–Crippen LogP) is 2.44. The SMILES string of the molecule is O=C(CCNCc1ccc(Cl)cc1)N1CCCC1. The first-order chi connectivity index (χ1) is 8.75. The first-order valence-corrected chi connectivity index (χ1v) is 6.86. The molecule has 1 amide bonds. The van der Waals surface area contributed by atoms with Crippen molar-refractivity contribution in [2.24, 2.45) is 0 Å². The fourth-order valence-corrected chi connectivity index (χ4v) is 2.28. The van der Waals surface area contributed by atoms with E-state index in [1.54, 1.807) is 0 Å². The molecule has 1 aliphatic heterocycles. The van der Waals surface area contributed by atoms with Crippen molar-refractivity contribution in [2.75, 3.05) is 19.6 Å². The van der Waals surface area contributed by atoms with Gasteiger partial charge >= 0.3 is 0 Å². The Balaban J connectivity index is 1.63. The average Bonchev–Trinajstić information content (AvgIpc) is 2.90. The van der Waals surface area contributed by atoms with Crippen LogP contribution in [-0.4, -0.2) is 30.4 Å². The molecule has 1 aromatic rings. The summed E-state index contributed by atoms with van der Waals surface area (Å²) in [6.07, 6.45) is 2.90. The van der Waals surface area contributed by atoms with Crippen molar-refractivity contribution >= 4 is 17.5 Å². The van der Waals surface area contributed by atoms with Crippen molar-refractivity contribution in [3.8, 4) is 0 Å². The number of likely N-dealkylation sites (tertiary alicyclic amines) is 1. The molecule has 18 heavy (non-hydrogen) atoms. The topological polar surface area (TPSA) is 32.3 Å². The van der Waals surface area contributed by atoms with Crippen LogP contribution in [0.15, 0.2) is 24.3 Å². The van der Waals surface area contributed by atoms with Crippen molar-refractivity contribution in [1.82, 2.24) is 10.2 Å². The van der Waals surface area contributed by atoms with Gasteiger partial charge in [0, 0.05) is 37.6 Å². The van der Waals surface area contributed by atoms with E-state index >= 15 is 0 Å². The largest absolute Gasteiger partial charge is 0.343 e. The second kappa shape index (κ2) is 6.76. The van der Waals surface area contributed by atoms with Crippen LogP contribution in [0.3, 0.4) is 0 Å². The van der Waals surface area contributed by atoms with E-state index in [1.807, 2.05) is 29.2 Å². The second-order valence-electron chi connectivity index (χ2n) is 4.64. The molecular weight excluding hydrogens is 248 g/mol. The molecule has 0 saturated carbocycles. The van der Waals surface area contributed by atoms with Gasteiger partial charge in [-0.05, 0) is 30.5 Å². The highest BCUT2D eigenvalue weighted by molar-refractivity contribution is 6.30. The van der Waals surface area contributed by atoms with Crippen molar-refractivity contribution in [2.45, 2.75) is 25.8 Å². The highest BCUT2D eigenvalue weighted by Crippen LogP contribution is 2.10. The summed E-state index contributed by atoms with van der Waals surface area (Å²) in [5.41, 5.74) is 1.19. The van der Waals surface area contributed by atoms with Crippen LogP contribution in [0.2, 0.25) is 5.02 Å². The number of hydrogen-bond donors (Lipinski definition) is 1. The van der Waals surface area contributed by atoms with Gasteiger partial charge in [-0.3, -0.25) is 4.79 Å². The van der Waals surface area contributed by atoms with Gasteiger partial charge < -0.3 is 10.2 Å². The highest BCUT2D eigenvalue weighted by Gasteiger charge is 2.16. The molecule has 0 atom stereocenters. The number of benzene rings is 1. The lowest BCUT2D eigenvalue weighted by Gasteiger charge is -2.15. The van der Waals surface area contributed by atoms with E-state index in [1.165, 1.54) is 5.56 Å². The molecule has 1 N–H and O–H groups in total. The summed E-state index contributed by atoms with van der Waals surface area (Å²) in [4.78, 5) is 13.7. The van der Waals surface area contributed by atoms with Crippen LogP contribution in [0.4, 0.5) is 0 Å². The van der Waals surface area contributed by atoms with E-state index in [9.17, 15) is 4.79 Å². The zero-order valence-electron chi connectivity index (χ0n) is 10.5. The molecule has 1 aliphatic rings. The third-order valence-corrected chi connectivity index (χ3v) is 3.47. The summed E-state index contributed by atoms with van der Waals surface area (Å²) in [6.45, 7) is 3.40. The number of hydrogen-bond acceptors (Lipinski definition) is 2. The monoisotopic (exact) mass is 266 g/mol. The Morgan fingerprint density at radius 1 is 1.22 bits per heavy atom. The Morgan fingerprint density at radius 2 is 1.89 bits per heavy atom. The van der Waals surface area contributed by atoms with Crippen LogP contribution >= 0.6 is 11.6 Å². The number of rotatable bonds is 5. The molecule has 3 nitrogen and oxygen atoms in total. The van der Waals surface area contributed by atoms with E-state index in [4.69, 9.17) is 11.6 Å². The molecule has 1 fully saturated rings. The van der Waals surface area contributed by atoms with Gasteiger partial charge in [-0.15, -0.1) is 0 Å². The third-order valence-electron chi connectivity index (χ3n) is 3.22. The van der Waals surface area contributed by atoms with E-state index < -0.39 is 0 Å². The Hall–Kier alpha value is -1.06. The van der Waals surface area contributed by atoms with Crippen molar-refractivity contribution in [3.05, 3.63) is 34.9 Å². The molecule has 0 radical (unpaired) electrons. The summed E-state index contributed by atoms with van der Waals surface area (Å²) in [5, 5.41) is 4.04. The number of nitrogens with zero attached hydrogens (tertiary/aromatic N) is 1. The van der Waals surface area contributed by atoms with Gasteiger partial charge in [0.05, 0.1) is 0 Å². The van der Waals surface area contributed by atoms with Crippen molar-refractivity contribution < 1.29 is 4.79 Å². The zero-order chi connectivity index (χ0) is 12.8. The van der Waals surface area contributed by atoms with Gasteiger partial charge in [0.2, 0.25) is 5.91 Å². The van der Waals surface area contributed by atoms with Crippen molar-refractivity contribution in [1.29, 1.82) is 0 Å². The molecule has 1 aromatic carbocycles. The first-order valence-electron chi connectivity index (χ1n) is 6.48. The Kier molecular flexibility index (Phi) is 5.02. The lowest BCUT2D eigenvalue weighted by Crippen LogP contribution is -2.30. The van der Waals surface area contributed by atoms with Gasteiger partial charge in [-0.1, -0.05) is 23.7 Å². The van der Waals surface area contributed by atoms with Crippen LogP contribution in [0.25, 0.3) is 0 Å². The lowest BCUT2D eigenvalue weighted by atomic mass is 10.2. The van der Waals surface area contributed by atoms with Gasteiger partial charge in [-0.25, -0.2) is 0 Å². The first kappa shape index (κ1) is 13.4. The molecule has 0 spiro atoms. The molecule has 1 heterocycles. The van der Waals surface area contributed by atoms with E-state index in [2.05, 4.69) is 5.32 Å². The van der Waals surface area contributed by atoms with Gasteiger partial charge in [-0.2, -0.15) is 0 Å². The normalized spacial score (nSPS) is 15.1. The van der Waals surface area contributed by atoms with E-state index in [-0.39, 0.29) is 5.91 Å². The molecule has 0 aromatic heterocycles. The maximum Gasteiger partial charge on any atom is 0.223 e. The number of halogens is 1. The minimum absolute atomic E-state index is 0.274. The fraction of sp³-hybridized carbons (Fsp3) is 0.500. The number of carbonyl (C=O) groups is 1. The van der Waals surface area contributed by atoms with Gasteiger partial charge in [0.25, 0.3) is 0 Å². The Morgan fingerprint density at radius 3 is 2.56 bits per heavy atom. The maximum absolute atomic E-state index is 11.8. The number of nitrogens with one attached hydrogen (secondary N) is 1. The van der Waals surface area contributed by atoms with Crippen LogP contribution in [0, 0.1) is 0 Å². The van der Waals surface area contributed by atoms with Crippen LogP contribution < -0.4 is 5.32 Å². The summed E-state index contributed by atoms with van der Waals surface area (Å²) in [6, 6.07) is 7.76. The van der Waals surface area contributed by atoms with Gasteiger partial charge in [0.1, 0.15) is 0 Å². The summed E-state index contributed by atoms with van der Waals surface area (Å²) in [5.74, 6) is 0.274. The molecule has 2 rings (SSSR count). The lowest BCUT2D eigenvalue weighted by molar-refractivity contribution is -0.130. The average molecular weight is 267 g/mol. The summed E-state index contributed by atoms with van der Waals surface area (Å²) < 4.78 is 0.